The molecule has 0 spiro atoms. The molecular weight excluding hydrogens is 266 g/mol. The van der Waals surface area contributed by atoms with Crippen LogP contribution in [0, 0.1) is 6.92 Å². The third-order valence-corrected chi connectivity index (χ3v) is 2.95. The van der Waals surface area contributed by atoms with Crippen molar-refractivity contribution in [2.24, 2.45) is 7.05 Å². The highest BCUT2D eigenvalue weighted by atomic mass is 16.5. The molecule has 20 heavy (non-hydrogen) atoms. The molecule has 2 N–H and O–H groups in total. The highest BCUT2D eigenvalue weighted by Gasteiger charge is 2.23. The van der Waals surface area contributed by atoms with Crippen LogP contribution >= 0.6 is 0 Å². The number of nitrogens with one attached hydrogen (secondary N) is 1. The van der Waals surface area contributed by atoms with E-state index >= 15 is 0 Å². The fourth-order valence-electron chi connectivity index (χ4n) is 1.58. The number of aliphatic carboxylic acids is 1. The number of carboxylic acids is 1. The number of amides is 1. The molecule has 8 nitrogen and oxygen atoms in total. The number of carboxylic acid groups (broad SMARTS) is 1. The summed E-state index contributed by atoms with van der Waals surface area (Å²) in [5.41, 5.74) is 0.927. The van der Waals surface area contributed by atoms with Gasteiger partial charge in [-0.25, -0.2) is 4.79 Å². The quantitative estimate of drug-likeness (QED) is 0.703. The lowest BCUT2D eigenvalue weighted by Crippen LogP contribution is -2.41. The van der Waals surface area contributed by atoms with Crippen LogP contribution in [0.3, 0.4) is 0 Å². The number of aryl methyl sites for hydroxylation is 1. The second-order valence-electron chi connectivity index (χ2n) is 4.25. The summed E-state index contributed by atoms with van der Waals surface area (Å²) in [5, 5.41) is 15.3. The summed E-state index contributed by atoms with van der Waals surface area (Å²) in [6.07, 6.45) is 1.25. The van der Waals surface area contributed by atoms with Crippen LogP contribution in [0.15, 0.2) is 6.20 Å². The molecule has 1 aromatic heterocycles. The van der Waals surface area contributed by atoms with Crippen molar-refractivity contribution in [3.05, 3.63) is 17.5 Å². The number of nitrogens with zero attached hydrogens (tertiary/aromatic N) is 2. The van der Waals surface area contributed by atoms with Crippen molar-refractivity contribution in [3.63, 3.8) is 0 Å². The molecule has 1 aromatic rings. The second-order valence-corrected chi connectivity index (χ2v) is 4.25. The first-order valence-corrected chi connectivity index (χ1v) is 5.96. The van der Waals surface area contributed by atoms with E-state index in [1.807, 2.05) is 0 Å². The largest absolute Gasteiger partial charge is 0.480 e. The Balaban J connectivity index is 2.71. The number of hydrogen-bond acceptors (Lipinski definition) is 5. The van der Waals surface area contributed by atoms with Crippen LogP contribution in [0.25, 0.3) is 0 Å². The van der Waals surface area contributed by atoms with Gasteiger partial charge in [0.1, 0.15) is 6.04 Å². The minimum Gasteiger partial charge on any atom is -0.480 e. The number of rotatable bonds is 6. The fraction of sp³-hybridized carbons (Fsp3) is 0.500. The third-order valence-electron chi connectivity index (χ3n) is 2.95. The zero-order chi connectivity index (χ0) is 15.3. The van der Waals surface area contributed by atoms with Crippen molar-refractivity contribution in [2.45, 2.75) is 25.8 Å². The lowest BCUT2D eigenvalue weighted by Gasteiger charge is -2.13. The van der Waals surface area contributed by atoms with Gasteiger partial charge in [0.2, 0.25) is 0 Å². The second kappa shape index (κ2) is 6.69. The molecule has 1 rings (SSSR count). The molecule has 1 heterocycles. The van der Waals surface area contributed by atoms with E-state index in [2.05, 4.69) is 15.2 Å². The average molecular weight is 283 g/mol. The summed E-state index contributed by atoms with van der Waals surface area (Å²) >= 11 is 0. The molecule has 0 aliphatic heterocycles. The molecule has 0 saturated carbocycles. The lowest BCUT2D eigenvalue weighted by atomic mass is 10.1. The smallest absolute Gasteiger partial charge is 0.326 e. The van der Waals surface area contributed by atoms with Crippen LogP contribution in [-0.4, -0.2) is 45.9 Å². The first-order valence-electron chi connectivity index (χ1n) is 5.96. The Morgan fingerprint density at radius 3 is 2.60 bits per heavy atom. The first-order chi connectivity index (χ1) is 9.36. The number of methoxy groups -OCH3 is 1. The third kappa shape index (κ3) is 3.81. The van der Waals surface area contributed by atoms with Gasteiger partial charge in [0, 0.05) is 19.2 Å². The van der Waals surface area contributed by atoms with E-state index in [0.29, 0.717) is 11.3 Å². The van der Waals surface area contributed by atoms with Crippen LogP contribution in [0.2, 0.25) is 0 Å². The minimum absolute atomic E-state index is 0.0347. The van der Waals surface area contributed by atoms with Gasteiger partial charge in [-0.3, -0.25) is 14.3 Å². The van der Waals surface area contributed by atoms with Crippen molar-refractivity contribution >= 4 is 17.8 Å². The highest BCUT2D eigenvalue weighted by molar-refractivity contribution is 5.97. The van der Waals surface area contributed by atoms with Crippen LogP contribution in [-0.2, 0) is 21.4 Å². The molecule has 0 fully saturated rings. The van der Waals surface area contributed by atoms with Crippen LogP contribution < -0.4 is 5.32 Å². The molecule has 1 amide bonds. The summed E-state index contributed by atoms with van der Waals surface area (Å²) in [4.78, 5) is 34.0. The van der Waals surface area contributed by atoms with E-state index < -0.39 is 23.9 Å². The molecular formula is C12H17N3O5. The predicted octanol–water partition coefficient (Wildman–Crippen LogP) is -0.135. The maximum atomic E-state index is 12.0. The van der Waals surface area contributed by atoms with Gasteiger partial charge in [-0.15, -0.1) is 0 Å². The molecule has 0 bridgehead atoms. The van der Waals surface area contributed by atoms with E-state index in [0.717, 1.165) is 0 Å². The van der Waals surface area contributed by atoms with Crippen molar-refractivity contribution < 1.29 is 24.2 Å². The first kappa shape index (κ1) is 15.7. The molecule has 0 saturated heterocycles. The summed E-state index contributed by atoms with van der Waals surface area (Å²) < 4.78 is 5.95. The Morgan fingerprint density at radius 2 is 2.15 bits per heavy atom. The number of hydrogen-bond donors (Lipinski definition) is 2. The van der Waals surface area contributed by atoms with Gasteiger partial charge in [0.15, 0.2) is 0 Å². The van der Waals surface area contributed by atoms with E-state index in [-0.39, 0.29) is 12.8 Å². The van der Waals surface area contributed by atoms with Crippen LogP contribution in [0.4, 0.5) is 0 Å². The van der Waals surface area contributed by atoms with Gasteiger partial charge < -0.3 is 15.2 Å². The Kier molecular flexibility index (Phi) is 5.24. The van der Waals surface area contributed by atoms with Crippen molar-refractivity contribution in [3.8, 4) is 0 Å². The molecule has 0 unspecified atom stereocenters. The lowest BCUT2D eigenvalue weighted by molar-refractivity contribution is -0.142. The molecule has 1 atom stereocenters. The number of aromatic nitrogens is 2. The average Bonchev–Trinajstić information content (AvgIpc) is 2.74. The van der Waals surface area contributed by atoms with Gasteiger partial charge in [-0.05, 0) is 13.3 Å². The minimum atomic E-state index is -1.20. The van der Waals surface area contributed by atoms with E-state index in [1.165, 1.54) is 18.0 Å². The summed E-state index contributed by atoms with van der Waals surface area (Å²) in [7, 11) is 2.90. The van der Waals surface area contributed by atoms with Gasteiger partial charge in [-0.1, -0.05) is 0 Å². The zero-order valence-electron chi connectivity index (χ0n) is 11.5. The van der Waals surface area contributed by atoms with E-state index in [9.17, 15) is 14.4 Å². The SMILES string of the molecule is COC(=O)CC[C@@H](NC(=O)c1cnn(C)c1C)C(=O)O. The Morgan fingerprint density at radius 1 is 1.50 bits per heavy atom. The molecule has 8 heteroatoms. The number of carbonyl (C=O) groups is 3. The van der Waals surface area contributed by atoms with Crippen molar-refractivity contribution in [2.75, 3.05) is 7.11 Å². The van der Waals surface area contributed by atoms with E-state index in [4.69, 9.17) is 5.11 Å². The Bertz CT molecular complexity index is 523. The van der Waals surface area contributed by atoms with Crippen molar-refractivity contribution in [1.82, 2.24) is 15.1 Å². The number of carbonyl (C=O) groups excluding carboxylic acids is 2. The van der Waals surface area contributed by atoms with Gasteiger partial charge in [0.25, 0.3) is 5.91 Å². The summed E-state index contributed by atoms with van der Waals surface area (Å²) in [6.45, 7) is 1.70. The molecule has 110 valence electrons. The summed E-state index contributed by atoms with van der Waals surface area (Å²) in [6, 6.07) is -1.15. The normalized spacial score (nSPS) is 11.8. The van der Waals surface area contributed by atoms with Crippen LogP contribution in [0.5, 0.6) is 0 Å². The van der Waals surface area contributed by atoms with Gasteiger partial charge in [-0.2, -0.15) is 5.10 Å². The maximum Gasteiger partial charge on any atom is 0.326 e. The molecule has 0 aliphatic rings. The number of esters is 1. The highest BCUT2D eigenvalue weighted by Crippen LogP contribution is 2.07. The fourth-order valence-corrected chi connectivity index (χ4v) is 1.58. The molecule has 0 aliphatic carbocycles. The van der Waals surface area contributed by atoms with E-state index in [1.54, 1.807) is 14.0 Å². The van der Waals surface area contributed by atoms with Crippen LogP contribution in [0.1, 0.15) is 28.9 Å². The zero-order valence-corrected chi connectivity index (χ0v) is 11.5. The Labute approximate surface area is 115 Å². The molecule has 0 aromatic carbocycles. The Hall–Kier alpha value is -2.38. The van der Waals surface area contributed by atoms with Crippen molar-refractivity contribution in [1.29, 1.82) is 0 Å². The van der Waals surface area contributed by atoms with Gasteiger partial charge in [0.05, 0.1) is 18.9 Å². The summed E-state index contributed by atoms with van der Waals surface area (Å²) in [5.74, 6) is -2.26. The van der Waals surface area contributed by atoms with Gasteiger partial charge >= 0.3 is 11.9 Å². The maximum absolute atomic E-state index is 12.0. The standard InChI is InChI=1S/C12H17N3O5/c1-7-8(6-13-15(7)2)11(17)14-9(12(18)19)4-5-10(16)20-3/h6,9H,4-5H2,1-3H3,(H,14,17)(H,18,19)/t9-/m1/s1. The number of ether oxygens (including phenoxy) is 1. The predicted molar refractivity (Wildman–Crippen MR) is 68.1 cm³/mol. The topological polar surface area (TPSA) is 111 Å². The molecule has 0 radical (unpaired) electrons. The monoisotopic (exact) mass is 283 g/mol.